The molecule has 0 aromatic heterocycles. The maximum absolute atomic E-state index is 13.9. The van der Waals surface area contributed by atoms with Gasteiger partial charge in [0.25, 0.3) is 5.91 Å². The molecule has 3 rings (SSSR count). The van der Waals surface area contributed by atoms with Crippen molar-refractivity contribution in [2.45, 2.75) is 30.6 Å². The highest BCUT2D eigenvalue weighted by atomic mass is 32.2. The van der Waals surface area contributed by atoms with Gasteiger partial charge in [0.2, 0.25) is 10.0 Å². The van der Waals surface area contributed by atoms with E-state index < -0.39 is 32.5 Å². The number of hydrogen-bond donors (Lipinski definition) is 0. The van der Waals surface area contributed by atoms with Crippen LogP contribution in [0.3, 0.4) is 0 Å². The van der Waals surface area contributed by atoms with Crippen molar-refractivity contribution in [2.24, 2.45) is 5.92 Å². The summed E-state index contributed by atoms with van der Waals surface area (Å²) < 4.78 is 58.8. The predicted octanol–water partition coefficient (Wildman–Crippen LogP) is 1.53. The van der Waals surface area contributed by atoms with E-state index in [-0.39, 0.29) is 44.7 Å². The van der Waals surface area contributed by atoms with E-state index in [0.29, 0.717) is 0 Å². The van der Waals surface area contributed by atoms with Crippen molar-refractivity contribution in [1.82, 2.24) is 9.21 Å². The standard InChI is InChI=1S/C18H22F2N2O5S/c19-14-6-3-7-15(20)17(14)28(25,26)22-10-8-21(9-11-22)16(23)12-27-18(24)13-4-1-2-5-13/h3,6-7,13H,1-2,4-5,8-12H2. The number of carbonyl (C=O) groups excluding carboxylic acids is 2. The Bertz CT molecular complexity index is 827. The van der Waals surface area contributed by atoms with Crippen molar-refractivity contribution < 1.29 is 31.5 Å². The molecule has 2 aliphatic rings. The minimum Gasteiger partial charge on any atom is -0.455 e. The van der Waals surface area contributed by atoms with Crippen LogP contribution in [0.2, 0.25) is 0 Å². The Labute approximate surface area is 162 Å². The maximum atomic E-state index is 13.9. The molecule has 2 fully saturated rings. The van der Waals surface area contributed by atoms with Gasteiger partial charge in [0.05, 0.1) is 5.92 Å². The number of nitrogens with zero attached hydrogens (tertiary/aromatic N) is 2. The first-order valence-electron chi connectivity index (χ1n) is 9.19. The van der Waals surface area contributed by atoms with Crippen LogP contribution in [0, 0.1) is 17.6 Å². The molecule has 1 saturated carbocycles. The van der Waals surface area contributed by atoms with E-state index in [9.17, 15) is 26.8 Å². The second-order valence-corrected chi connectivity index (χ2v) is 8.80. The van der Waals surface area contributed by atoms with Crippen molar-refractivity contribution in [2.75, 3.05) is 32.8 Å². The van der Waals surface area contributed by atoms with Crippen LogP contribution in [0.4, 0.5) is 8.78 Å². The summed E-state index contributed by atoms with van der Waals surface area (Å²) >= 11 is 0. The van der Waals surface area contributed by atoms with Crippen molar-refractivity contribution in [1.29, 1.82) is 0 Å². The number of carbonyl (C=O) groups is 2. The molecule has 1 aromatic carbocycles. The quantitative estimate of drug-likeness (QED) is 0.680. The van der Waals surface area contributed by atoms with E-state index >= 15 is 0 Å². The fraction of sp³-hybridized carbons (Fsp3) is 0.556. The molecule has 1 aromatic rings. The van der Waals surface area contributed by atoms with E-state index in [1.54, 1.807) is 0 Å². The van der Waals surface area contributed by atoms with E-state index in [0.717, 1.165) is 48.2 Å². The molecule has 1 aliphatic heterocycles. The highest BCUT2D eigenvalue weighted by Gasteiger charge is 2.34. The second-order valence-electron chi connectivity index (χ2n) is 6.92. The van der Waals surface area contributed by atoms with Crippen LogP contribution in [-0.2, 0) is 24.3 Å². The highest BCUT2D eigenvalue weighted by molar-refractivity contribution is 7.89. The predicted molar refractivity (Wildman–Crippen MR) is 94.6 cm³/mol. The van der Waals surface area contributed by atoms with E-state index in [2.05, 4.69) is 0 Å². The normalized spacial score (nSPS) is 19.0. The Kier molecular flexibility index (Phi) is 6.29. The first-order valence-corrected chi connectivity index (χ1v) is 10.6. The van der Waals surface area contributed by atoms with Gasteiger partial charge in [-0.25, -0.2) is 17.2 Å². The van der Waals surface area contributed by atoms with E-state index in [4.69, 9.17) is 4.74 Å². The van der Waals surface area contributed by atoms with Gasteiger partial charge in [0.1, 0.15) is 11.6 Å². The lowest BCUT2D eigenvalue weighted by molar-refractivity contribution is -0.155. The zero-order valence-corrected chi connectivity index (χ0v) is 16.1. The summed E-state index contributed by atoms with van der Waals surface area (Å²) in [5.41, 5.74) is 0. The molecule has 7 nitrogen and oxygen atoms in total. The molecular weight excluding hydrogens is 394 g/mol. The lowest BCUT2D eigenvalue weighted by Gasteiger charge is -2.34. The number of rotatable bonds is 5. The summed E-state index contributed by atoms with van der Waals surface area (Å²) in [4.78, 5) is 24.5. The molecule has 10 heteroatoms. The van der Waals surface area contributed by atoms with Crippen LogP contribution in [0.1, 0.15) is 25.7 Å². The Morgan fingerprint density at radius 1 is 1.04 bits per heavy atom. The number of ether oxygens (including phenoxy) is 1. The minimum absolute atomic E-state index is 0.0507. The largest absolute Gasteiger partial charge is 0.455 e. The average Bonchev–Trinajstić information content (AvgIpc) is 3.20. The Morgan fingerprint density at radius 3 is 2.18 bits per heavy atom. The molecule has 0 unspecified atom stereocenters. The molecular formula is C18H22F2N2O5S. The van der Waals surface area contributed by atoms with Crippen LogP contribution < -0.4 is 0 Å². The SMILES string of the molecule is O=C(OCC(=O)N1CCN(S(=O)(=O)c2c(F)cccc2F)CC1)C1CCCC1. The van der Waals surface area contributed by atoms with E-state index in [1.807, 2.05) is 0 Å². The molecule has 154 valence electrons. The van der Waals surface area contributed by atoms with Crippen molar-refractivity contribution >= 4 is 21.9 Å². The van der Waals surface area contributed by atoms with Gasteiger partial charge in [-0.3, -0.25) is 9.59 Å². The summed E-state index contributed by atoms with van der Waals surface area (Å²) in [5.74, 6) is -3.25. The lowest BCUT2D eigenvalue weighted by atomic mass is 10.1. The molecule has 1 saturated heterocycles. The van der Waals surface area contributed by atoms with Gasteiger partial charge in [0.15, 0.2) is 11.5 Å². The summed E-state index contributed by atoms with van der Waals surface area (Å²) in [6.45, 7) is -0.481. The van der Waals surface area contributed by atoms with Gasteiger partial charge < -0.3 is 9.64 Å². The molecule has 0 spiro atoms. The van der Waals surface area contributed by atoms with Crippen LogP contribution in [0.5, 0.6) is 0 Å². The summed E-state index contributed by atoms with van der Waals surface area (Å²) in [7, 11) is -4.35. The summed E-state index contributed by atoms with van der Waals surface area (Å²) in [6.07, 6.45) is 3.51. The Hall–Kier alpha value is -2.07. The van der Waals surface area contributed by atoms with Crippen LogP contribution in [-0.4, -0.2) is 62.3 Å². The fourth-order valence-electron chi connectivity index (χ4n) is 3.54. The smallest absolute Gasteiger partial charge is 0.309 e. The average molecular weight is 416 g/mol. The first kappa shape index (κ1) is 20.7. The van der Waals surface area contributed by atoms with E-state index in [1.165, 1.54) is 4.90 Å². The Balaban J connectivity index is 1.55. The minimum atomic E-state index is -4.35. The molecule has 1 amide bonds. The molecule has 0 radical (unpaired) electrons. The third kappa shape index (κ3) is 4.33. The molecule has 1 aliphatic carbocycles. The van der Waals surface area contributed by atoms with Gasteiger partial charge in [-0.15, -0.1) is 0 Å². The van der Waals surface area contributed by atoms with Crippen molar-refractivity contribution in [3.8, 4) is 0 Å². The number of halogens is 2. The number of amides is 1. The number of hydrogen-bond acceptors (Lipinski definition) is 5. The Morgan fingerprint density at radius 2 is 1.61 bits per heavy atom. The fourth-order valence-corrected chi connectivity index (χ4v) is 5.07. The molecule has 0 bridgehead atoms. The lowest BCUT2D eigenvalue weighted by Crippen LogP contribution is -2.51. The highest BCUT2D eigenvalue weighted by Crippen LogP contribution is 2.26. The van der Waals surface area contributed by atoms with Gasteiger partial charge >= 0.3 is 5.97 Å². The first-order chi connectivity index (χ1) is 13.3. The van der Waals surface area contributed by atoms with Gasteiger partial charge in [0, 0.05) is 26.2 Å². The van der Waals surface area contributed by atoms with Gasteiger partial charge in [-0.1, -0.05) is 18.9 Å². The van der Waals surface area contributed by atoms with Crippen molar-refractivity contribution in [3.63, 3.8) is 0 Å². The third-order valence-electron chi connectivity index (χ3n) is 5.13. The summed E-state index contributed by atoms with van der Waals surface area (Å²) in [6, 6.07) is 2.86. The monoisotopic (exact) mass is 416 g/mol. The van der Waals surface area contributed by atoms with Crippen LogP contribution >= 0.6 is 0 Å². The molecule has 0 atom stereocenters. The number of piperazine rings is 1. The number of sulfonamides is 1. The zero-order chi connectivity index (χ0) is 20.3. The topological polar surface area (TPSA) is 84.0 Å². The third-order valence-corrected chi connectivity index (χ3v) is 7.09. The second kappa shape index (κ2) is 8.52. The molecule has 0 N–H and O–H groups in total. The van der Waals surface area contributed by atoms with Gasteiger partial charge in [-0.2, -0.15) is 4.31 Å². The molecule has 28 heavy (non-hydrogen) atoms. The van der Waals surface area contributed by atoms with Crippen molar-refractivity contribution in [3.05, 3.63) is 29.8 Å². The number of benzene rings is 1. The maximum Gasteiger partial charge on any atom is 0.309 e. The van der Waals surface area contributed by atoms with Crippen LogP contribution in [0.25, 0.3) is 0 Å². The number of esters is 1. The molecule has 1 heterocycles. The van der Waals surface area contributed by atoms with Crippen LogP contribution in [0.15, 0.2) is 23.1 Å². The summed E-state index contributed by atoms with van der Waals surface area (Å²) in [5, 5.41) is 0. The van der Waals surface area contributed by atoms with Gasteiger partial charge in [-0.05, 0) is 25.0 Å². The zero-order valence-electron chi connectivity index (χ0n) is 15.3.